The van der Waals surface area contributed by atoms with E-state index >= 15 is 0 Å². The summed E-state index contributed by atoms with van der Waals surface area (Å²) in [6.07, 6.45) is 13.7. The molecule has 1 unspecified atom stereocenters. The van der Waals surface area contributed by atoms with Crippen LogP contribution in [-0.4, -0.2) is 15.2 Å². The molecule has 0 radical (unpaired) electrons. The Morgan fingerprint density at radius 3 is 1.81 bits per heavy atom. The molecule has 1 atom stereocenters. The lowest BCUT2D eigenvalue weighted by molar-refractivity contribution is -0.00612. The minimum absolute atomic E-state index is 0.0789. The first-order valence-electron chi connectivity index (χ1n) is 21.5. The Labute approximate surface area is 351 Å². The van der Waals surface area contributed by atoms with E-state index in [0.29, 0.717) is 17.4 Å². The van der Waals surface area contributed by atoms with Crippen LogP contribution in [0.15, 0.2) is 104 Å². The molecule has 4 aromatic carbocycles. The molecule has 3 aromatic heterocycles. The first kappa shape index (κ1) is 37.6. The lowest BCUT2D eigenvalue weighted by Gasteiger charge is -2.57. The summed E-state index contributed by atoms with van der Waals surface area (Å²) in [6.45, 7) is 10.6. The number of thiophene rings is 2. The number of aromatic nitrogens is 1. The highest BCUT2D eigenvalue weighted by Gasteiger charge is 2.52. The number of hydrogen-bond donors (Lipinski definition) is 2. The van der Waals surface area contributed by atoms with Crippen LogP contribution >= 0.6 is 22.7 Å². The Kier molecular flexibility index (Phi) is 9.61. The van der Waals surface area contributed by atoms with E-state index in [4.69, 9.17) is 4.98 Å². The predicted molar refractivity (Wildman–Crippen MR) is 246 cm³/mol. The largest absolute Gasteiger partial charge is 0.507 e. The van der Waals surface area contributed by atoms with Gasteiger partial charge in [0.05, 0.1) is 11.4 Å². The SMILES string of the molecule is C=CCC(CC)CCc1cc(C)cc(-c2sc3ccccc3c2-c2cccc(-c3c(-c4cc(C)cc(C56CC7CC(CC(C7)C5)C6)c4O)sc4ccccc34)n2)c1O. The van der Waals surface area contributed by atoms with E-state index in [9.17, 15) is 10.2 Å². The average Bonchev–Trinajstić information content (AvgIpc) is 3.80. The molecule has 3 heterocycles. The molecular weight excluding hydrogens is 747 g/mol. The number of fused-ring (bicyclic) bond motifs is 2. The van der Waals surface area contributed by atoms with Crippen molar-refractivity contribution in [2.24, 2.45) is 23.7 Å². The summed E-state index contributed by atoms with van der Waals surface area (Å²) < 4.78 is 2.36. The third-order valence-corrected chi connectivity index (χ3v) is 16.4. The van der Waals surface area contributed by atoms with Gasteiger partial charge in [0.25, 0.3) is 0 Å². The zero-order valence-electron chi connectivity index (χ0n) is 34.0. The van der Waals surface area contributed by atoms with Gasteiger partial charge in [-0.1, -0.05) is 74.0 Å². The van der Waals surface area contributed by atoms with Crippen molar-refractivity contribution in [2.75, 3.05) is 0 Å². The average molecular weight is 800 g/mol. The summed E-state index contributed by atoms with van der Waals surface area (Å²) in [7, 11) is 0. The monoisotopic (exact) mass is 799 g/mol. The van der Waals surface area contributed by atoms with Crippen LogP contribution in [0.2, 0.25) is 0 Å². The summed E-state index contributed by atoms with van der Waals surface area (Å²) in [6, 6.07) is 32.4. The summed E-state index contributed by atoms with van der Waals surface area (Å²) in [5, 5.41) is 26.9. The fourth-order valence-electron chi connectivity index (χ4n) is 11.8. The van der Waals surface area contributed by atoms with E-state index < -0.39 is 0 Å². The quantitative estimate of drug-likeness (QED) is 0.128. The molecule has 4 fully saturated rings. The maximum Gasteiger partial charge on any atom is 0.128 e. The molecule has 7 aromatic rings. The van der Waals surface area contributed by atoms with Crippen molar-refractivity contribution in [3.05, 3.63) is 126 Å². The topological polar surface area (TPSA) is 53.4 Å². The molecule has 58 heavy (non-hydrogen) atoms. The van der Waals surface area contributed by atoms with Crippen LogP contribution in [0.5, 0.6) is 11.5 Å². The third kappa shape index (κ3) is 6.41. The lowest BCUT2D eigenvalue weighted by atomic mass is 9.48. The first-order valence-corrected chi connectivity index (χ1v) is 23.1. The summed E-state index contributed by atoms with van der Waals surface area (Å²) >= 11 is 3.50. The van der Waals surface area contributed by atoms with Crippen molar-refractivity contribution in [1.82, 2.24) is 4.98 Å². The van der Waals surface area contributed by atoms with Gasteiger partial charge in [0.15, 0.2) is 0 Å². The number of nitrogens with zero attached hydrogens (tertiary/aromatic N) is 1. The maximum absolute atomic E-state index is 12.5. The fourth-order valence-corrected chi connectivity index (χ4v) is 14.2. The van der Waals surface area contributed by atoms with Gasteiger partial charge in [0.1, 0.15) is 11.5 Å². The number of phenols is 2. The van der Waals surface area contributed by atoms with Crippen LogP contribution in [0.1, 0.15) is 87.0 Å². The van der Waals surface area contributed by atoms with E-state index in [-0.39, 0.29) is 5.41 Å². The second kappa shape index (κ2) is 14.8. The highest BCUT2D eigenvalue weighted by atomic mass is 32.1. The smallest absolute Gasteiger partial charge is 0.128 e. The van der Waals surface area contributed by atoms with Gasteiger partial charge >= 0.3 is 0 Å². The van der Waals surface area contributed by atoms with Crippen LogP contribution in [-0.2, 0) is 11.8 Å². The molecule has 5 heteroatoms. The Morgan fingerprint density at radius 1 is 0.724 bits per heavy atom. The van der Waals surface area contributed by atoms with E-state index in [1.807, 2.05) is 6.08 Å². The maximum atomic E-state index is 12.5. The molecule has 294 valence electrons. The minimum Gasteiger partial charge on any atom is -0.507 e. The van der Waals surface area contributed by atoms with Crippen LogP contribution in [0.25, 0.3) is 63.6 Å². The van der Waals surface area contributed by atoms with Crippen molar-refractivity contribution >= 4 is 42.8 Å². The molecule has 0 spiro atoms. The fraction of sp³-hybridized carbons (Fsp3) is 0.340. The summed E-state index contributed by atoms with van der Waals surface area (Å²) in [5.41, 5.74) is 10.3. The number of allylic oxidation sites excluding steroid dienone is 1. The second-order valence-corrected chi connectivity index (χ2v) is 20.2. The predicted octanol–water partition coefficient (Wildman–Crippen LogP) is 15.2. The molecule has 4 aliphatic rings. The van der Waals surface area contributed by atoms with Gasteiger partial charge in [0.2, 0.25) is 0 Å². The van der Waals surface area contributed by atoms with Crippen molar-refractivity contribution in [2.45, 2.75) is 90.4 Å². The number of aryl methyl sites for hydroxylation is 3. The van der Waals surface area contributed by atoms with Gasteiger partial charge in [0, 0.05) is 57.7 Å². The molecule has 4 saturated carbocycles. The second-order valence-electron chi connectivity index (χ2n) is 18.1. The molecule has 3 nitrogen and oxygen atoms in total. The highest BCUT2D eigenvalue weighted by Crippen LogP contribution is 2.63. The molecule has 4 aliphatic carbocycles. The zero-order chi connectivity index (χ0) is 39.7. The molecule has 0 saturated heterocycles. The minimum atomic E-state index is 0.0789. The molecule has 2 N–H and O–H groups in total. The normalized spacial score (nSPS) is 21.6. The Balaban J connectivity index is 1.12. The highest BCUT2D eigenvalue weighted by molar-refractivity contribution is 7.23. The lowest BCUT2D eigenvalue weighted by Crippen LogP contribution is -2.48. The van der Waals surface area contributed by atoms with Gasteiger partial charge < -0.3 is 10.2 Å². The third-order valence-electron chi connectivity index (χ3n) is 14.0. The van der Waals surface area contributed by atoms with Crippen LogP contribution in [0, 0.1) is 37.5 Å². The van der Waals surface area contributed by atoms with E-state index in [0.717, 1.165) is 109 Å². The number of rotatable bonds is 11. The summed E-state index contributed by atoms with van der Waals surface area (Å²) in [4.78, 5) is 7.69. The number of pyridine rings is 1. The van der Waals surface area contributed by atoms with Gasteiger partial charge in [-0.25, -0.2) is 4.98 Å². The molecule has 11 rings (SSSR count). The van der Waals surface area contributed by atoms with E-state index in [2.05, 4.69) is 118 Å². The van der Waals surface area contributed by atoms with Crippen molar-refractivity contribution in [3.8, 4) is 54.9 Å². The summed E-state index contributed by atoms with van der Waals surface area (Å²) in [5.74, 6) is 3.79. The zero-order valence-corrected chi connectivity index (χ0v) is 35.6. The Hall–Kier alpha value is -4.71. The standard InChI is InChI=1S/C53H53NO2S2/c1-5-12-33(6-2)19-20-37-21-31(3)22-40(49(37)55)51-47(38-13-7-9-17-45(38)57-51)43-15-11-16-44(54-43)48-39-14-8-10-18-46(39)58-52(48)41-23-32(4)24-42(50(41)56)53-28-34-25-35(29-53)27-36(26-34)30-53/h5,7-11,13-18,21-24,33-36,55-56H,1,6,12,19-20,25-30H2,2-4H3. The van der Waals surface area contributed by atoms with E-state index in [1.165, 1.54) is 59.1 Å². The van der Waals surface area contributed by atoms with Gasteiger partial charge in [-0.2, -0.15) is 0 Å². The van der Waals surface area contributed by atoms with Crippen molar-refractivity contribution < 1.29 is 10.2 Å². The van der Waals surface area contributed by atoms with Crippen LogP contribution in [0.3, 0.4) is 0 Å². The molecule has 0 aliphatic heterocycles. The molecule has 4 bridgehead atoms. The first-order chi connectivity index (χ1) is 28.2. The number of benzene rings is 4. The van der Waals surface area contributed by atoms with E-state index in [1.54, 1.807) is 22.7 Å². The van der Waals surface area contributed by atoms with Crippen LogP contribution in [0.4, 0.5) is 0 Å². The number of aromatic hydroxyl groups is 2. The molecule has 0 amide bonds. The van der Waals surface area contributed by atoms with Gasteiger partial charge in [-0.05, 0) is 154 Å². The van der Waals surface area contributed by atoms with Gasteiger partial charge in [-0.3, -0.25) is 0 Å². The Bertz CT molecular complexity index is 2680. The molecular formula is C53H53NO2S2. The Morgan fingerprint density at radius 2 is 1.26 bits per heavy atom. The van der Waals surface area contributed by atoms with Crippen molar-refractivity contribution in [3.63, 3.8) is 0 Å². The number of phenolic OH excluding ortho intramolecular Hbond substituents is 2. The van der Waals surface area contributed by atoms with Gasteiger partial charge in [-0.15, -0.1) is 29.3 Å². The van der Waals surface area contributed by atoms with Crippen LogP contribution < -0.4 is 0 Å². The number of hydrogen-bond acceptors (Lipinski definition) is 5. The van der Waals surface area contributed by atoms with Crippen molar-refractivity contribution in [1.29, 1.82) is 0 Å².